The molecule has 0 N–H and O–H groups in total. The highest BCUT2D eigenvalue weighted by Gasteiger charge is 2.26. The lowest BCUT2D eigenvalue weighted by molar-refractivity contribution is -0.134. The lowest BCUT2D eigenvalue weighted by Gasteiger charge is -2.36. The monoisotopic (exact) mass is 296 g/mol. The number of nitrogens with zero attached hydrogens (tertiary/aromatic N) is 2. The van der Waals surface area contributed by atoms with Crippen LogP contribution in [0.5, 0.6) is 0 Å². The third kappa shape index (κ3) is 4.28. The Morgan fingerprint density at radius 1 is 1.55 bits per heavy atom. The van der Waals surface area contributed by atoms with Gasteiger partial charge in [0.15, 0.2) is 0 Å². The van der Waals surface area contributed by atoms with Crippen molar-refractivity contribution in [3.63, 3.8) is 0 Å². The van der Waals surface area contributed by atoms with Crippen molar-refractivity contribution in [2.45, 2.75) is 51.5 Å². The van der Waals surface area contributed by atoms with Crippen molar-refractivity contribution < 1.29 is 9.53 Å². The Bertz CT molecular complexity index is 433. The molecule has 1 fully saturated rings. The number of rotatable bonds is 6. The van der Waals surface area contributed by atoms with Gasteiger partial charge in [-0.2, -0.15) is 0 Å². The number of methoxy groups -OCH3 is 1. The van der Waals surface area contributed by atoms with Crippen LogP contribution in [0.1, 0.15) is 42.8 Å². The summed E-state index contributed by atoms with van der Waals surface area (Å²) in [6.07, 6.45) is 6.02. The molecule has 1 aromatic rings. The van der Waals surface area contributed by atoms with E-state index >= 15 is 0 Å². The highest BCUT2D eigenvalue weighted by atomic mass is 32.1. The van der Waals surface area contributed by atoms with Crippen LogP contribution >= 0.6 is 11.3 Å². The fourth-order valence-electron chi connectivity index (χ4n) is 2.84. The Balaban J connectivity index is 1.90. The van der Waals surface area contributed by atoms with E-state index in [1.54, 1.807) is 18.4 Å². The molecule has 0 radical (unpaired) electrons. The number of hydrogen-bond donors (Lipinski definition) is 0. The highest BCUT2D eigenvalue weighted by molar-refractivity contribution is 7.09. The summed E-state index contributed by atoms with van der Waals surface area (Å²) in [5.74, 6) is 0.234. The molecule has 1 atom stereocenters. The molecule has 20 heavy (non-hydrogen) atoms. The number of ether oxygens (including phenoxy) is 1. The van der Waals surface area contributed by atoms with E-state index in [1.807, 2.05) is 12.3 Å². The van der Waals surface area contributed by atoms with Gasteiger partial charge in [0.25, 0.3) is 0 Å². The van der Waals surface area contributed by atoms with Gasteiger partial charge < -0.3 is 9.64 Å². The van der Waals surface area contributed by atoms with E-state index in [-0.39, 0.29) is 5.91 Å². The van der Waals surface area contributed by atoms with E-state index in [1.165, 1.54) is 6.42 Å². The Morgan fingerprint density at radius 3 is 3.10 bits per heavy atom. The van der Waals surface area contributed by atoms with Gasteiger partial charge in [-0.25, -0.2) is 4.98 Å². The Labute approximate surface area is 125 Å². The second kappa shape index (κ2) is 7.74. The predicted molar refractivity (Wildman–Crippen MR) is 81.0 cm³/mol. The molecular formula is C15H24N2O2S. The van der Waals surface area contributed by atoms with Gasteiger partial charge >= 0.3 is 0 Å². The molecule has 1 unspecified atom stereocenters. The SMILES string of the molecule is COCCCC1CCCCN1C(=O)Cc1csc(C)n1. The maximum atomic E-state index is 12.5. The van der Waals surface area contributed by atoms with Crippen LogP contribution in [0.3, 0.4) is 0 Å². The van der Waals surface area contributed by atoms with Gasteiger partial charge in [0.2, 0.25) is 5.91 Å². The zero-order valence-electron chi connectivity index (χ0n) is 12.4. The summed E-state index contributed by atoms with van der Waals surface area (Å²) < 4.78 is 5.11. The van der Waals surface area contributed by atoms with Crippen LogP contribution < -0.4 is 0 Å². The molecule has 4 nitrogen and oxygen atoms in total. The summed E-state index contributed by atoms with van der Waals surface area (Å²) >= 11 is 1.61. The minimum Gasteiger partial charge on any atom is -0.385 e. The fourth-order valence-corrected chi connectivity index (χ4v) is 3.45. The first-order valence-electron chi connectivity index (χ1n) is 7.40. The molecule has 2 rings (SSSR count). The third-order valence-corrected chi connectivity index (χ3v) is 4.65. The summed E-state index contributed by atoms with van der Waals surface area (Å²) in [5.41, 5.74) is 0.915. The lowest BCUT2D eigenvalue weighted by Crippen LogP contribution is -2.44. The van der Waals surface area contributed by atoms with Crippen LogP contribution in [-0.4, -0.2) is 42.1 Å². The third-order valence-electron chi connectivity index (χ3n) is 3.83. The van der Waals surface area contributed by atoms with Crippen molar-refractivity contribution in [1.29, 1.82) is 0 Å². The van der Waals surface area contributed by atoms with Gasteiger partial charge in [-0.05, 0) is 39.0 Å². The Morgan fingerprint density at radius 2 is 2.40 bits per heavy atom. The van der Waals surface area contributed by atoms with Crippen LogP contribution in [0.25, 0.3) is 0 Å². The molecule has 1 aliphatic rings. The first-order valence-corrected chi connectivity index (χ1v) is 8.28. The van der Waals surface area contributed by atoms with E-state index in [0.29, 0.717) is 12.5 Å². The van der Waals surface area contributed by atoms with Gasteiger partial charge in [0.1, 0.15) is 0 Å². The Hall–Kier alpha value is -0.940. The first kappa shape index (κ1) is 15.4. The number of carbonyl (C=O) groups excluding carboxylic acids is 1. The van der Waals surface area contributed by atoms with Crippen molar-refractivity contribution in [3.8, 4) is 0 Å². The molecule has 112 valence electrons. The van der Waals surface area contributed by atoms with Gasteiger partial charge in [-0.3, -0.25) is 4.79 Å². The van der Waals surface area contributed by atoms with Crippen molar-refractivity contribution >= 4 is 17.2 Å². The van der Waals surface area contributed by atoms with Gasteiger partial charge in [-0.15, -0.1) is 11.3 Å². The van der Waals surface area contributed by atoms with Crippen LogP contribution in [-0.2, 0) is 16.0 Å². The summed E-state index contributed by atoms with van der Waals surface area (Å²) in [7, 11) is 1.73. The van der Waals surface area contributed by atoms with Crippen molar-refractivity contribution in [2.24, 2.45) is 0 Å². The average Bonchev–Trinajstić information content (AvgIpc) is 2.85. The zero-order chi connectivity index (χ0) is 14.4. The lowest BCUT2D eigenvalue weighted by atomic mass is 9.97. The smallest absolute Gasteiger partial charge is 0.228 e. The predicted octanol–water partition coefficient (Wildman–Crippen LogP) is 2.80. The van der Waals surface area contributed by atoms with Crippen LogP contribution in [0, 0.1) is 6.92 Å². The molecule has 0 aromatic carbocycles. The normalized spacial score (nSPS) is 19.3. The molecule has 0 saturated carbocycles. The molecule has 5 heteroatoms. The molecular weight excluding hydrogens is 272 g/mol. The molecule has 1 aromatic heterocycles. The van der Waals surface area contributed by atoms with E-state index in [0.717, 1.165) is 49.5 Å². The minimum atomic E-state index is 0.234. The minimum absolute atomic E-state index is 0.234. The summed E-state index contributed by atoms with van der Waals surface area (Å²) in [6, 6.07) is 0.395. The zero-order valence-corrected chi connectivity index (χ0v) is 13.2. The number of likely N-dealkylation sites (tertiary alicyclic amines) is 1. The molecule has 0 aliphatic carbocycles. The van der Waals surface area contributed by atoms with E-state index in [9.17, 15) is 4.79 Å². The highest BCUT2D eigenvalue weighted by Crippen LogP contribution is 2.22. The van der Waals surface area contributed by atoms with E-state index in [4.69, 9.17) is 4.74 Å². The largest absolute Gasteiger partial charge is 0.385 e. The molecule has 0 bridgehead atoms. The van der Waals surface area contributed by atoms with Crippen LogP contribution in [0.2, 0.25) is 0 Å². The molecule has 1 amide bonds. The summed E-state index contributed by atoms with van der Waals surface area (Å²) in [4.78, 5) is 19.0. The fraction of sp³-hybridized carbons (Fsp3) is 0.733. The number of thiazole rings is 1. The molecule has 2 heterocycles. The second-order valence-electron chi connectivity index (χ2n) is 5.41. The van der Waals surface area contributed by atoms with Crippen molar-refractivity contribution in [2.75, 3.05) is 20.3 Å². The van der Waals surface area contributed by atoms with Gasteiger partial charge in [-0.1, -0.05) is 0 Å². The van der Waals surface area contributed by atoms with E-state index in [2.05, 4.69) is 9.88 Å². The number of amides is 1. The average molecular weight is 296 g/mol. The van der Waals surface area contributed by atoms with Gasteiger partial charge in [0, 0.05) is 31.7 Å². The topological polar surface area (TPSA) is 42.4 Å². The standard InChI is InChI=1S/C15H24N2O2S/c1-12-16-13(11-20-12)10-15(18)17-8-4-3-6-14(17)7-5-9-19-2/h11,14H,3-10H2,1-2H3. The number of carbonyl (C=O) groups is 1. The molecule has 0 spiro atoms. The number of aromatic nitrogens is 1. The van der Waals surface area contributed by atoms with Crippen molar-refractivity contribution in [3.05, 3.63) is 16.1 Å². The maximum Gasteiger partial charge on any atom is 0.228 e. The number of piperidine rings is 1. The summed E-state index contributed by atoms with van der Waals surface area (Å²) in [5, 5.41) is 3.03. The maximum absolute atomic E-state index is 12.5. The molecule has 1 saturated heterocycles. The summed E-state index contributed by atoms with van der Waals surface area (Å²) in [6.45, 7) is 3.66. The van der Waals surface area contributed by atoms with E-state index < -0.39 is 0 Å². The quantitative estimate of drug-likeness (QED) is 0.758. The van der Waals surface area contributed by atoms with Gasteiger partial charge in [0.05, 0.1) is 17.1 Å². The number of hydrogen-bond acceptors (Lipinski definition) is 4. The second-order valence-corrected chi connectivity index (χ2v) is 6.47. The van der Waals surface area contributed by atoms with Crippen LogP contribution in [0.4, 0.5) is 0 Å². The number of aryl methyl sites for hydroxylation is 1. The molecule has 1 aliphatic heterocycles. The van der Waals surface area contributed by atoms with Crippen molar-refractivity contribution in [1.82, 2.24) is 9.88 Å². The first-order chi connectivity index (χ1) is 9.70. The van der Waals surface area contributed by atoms with Crippen LogP contribution in [0.15, 0.2) is 5.38 Å². The Kier molecular flexibility index (Phi) is 5.98.